The summed E-state index contributed by atoms with van der Waals surface area (Å²) in [5.41, 5.74) is 1.22. The van der Waals surface area contributed by atoms with E-state index in [9.17, 15) is 4.79 Å². The number of aromatic nitrogens is 2. The largest absolute Gasteiger partial charge is 0.496 e. The number of aryl methyl sites for hydroxylation is 1. The van der Waals surface area contributed by atoms with Crippen molar-refractivity contribution in [1.29, 1.82) is 0 Å². The van der Waals surface area contributed by atoms with Crippen molar-refractivity contribution in [2.24, 2.45) is 0 Å². The fourth-order valence-electron chi connectivity index (χ4n) is 1.54. The molecule has 0 atom stereocenters. The molecule has 0 fully saturated rings. The molecule has 0 aliphatic carbocycles. The summed E-state index contributed by atoms with van der Waals surface area (Å²) in [6.07, 6.45) is 0. The standard InChI is InChI=1S/C12H11BrN2O2/c1-7-10(13)12(16)15-11(14-7)8-5-3-4-6-9(8)17-2/h3-6H,1-2H3,(H,14,15,16). The number of hydrogen-bond acceptors (Lipinski definition) is 3. The molecule has 5 heteroatoms. The Balaban J connectivity index is 2.65. The Kier molecular flexibility index (Phi) is 3.28. The SMILES string of the molecule is COc1ccccc1-c1nc(C)c(Br)c(=O)[nH]1. The lowest BCUT2D eigenvalue weighted by Gasteiger charge is -2.08. The summed E-state index contributed by atoms with van der Waals surface area (Å²) in [7, 11) is 1.59. The van der Waals surface area contributed by atoms with Crippen molar-refractivity contribution in [3.05, 3.63) is 44.8 Å². The highest BCUT2D eigenvalue weighted by molar-refractivity contribution is 9.10. The van der Waals surface area contributed by atoms with Crippen LogP contribution in [0.5, 0.6) is 5.75 Å². The average molecular weight is 295 g/mol. The lowest BCUT2D eigenvalue weighted by molar-refractivity contribution is 0.416. The smallest absolute Gasteiger partial charge is 0.265 e. The monoisotopic (exact) mass is 294 g/mol. The normalized spacial score (nSPS) is 10.3. The van der Waals surface area contributed by atoms with Crippen molar-refractivity contribution < 1.29 is 4.74 Å². The van der Waals surface area contributed by atoms with E-state index in [1.54, 1.807) is 14.0 Å². The highest BCUT2D eigenvalue weighted by atomic mass is 79.9. The number of nitrogens with zero attached hydrogens (tertiary/aromatic N) is 1. The number of ether oxygens (including phenoxy) is 1. The predicted octanol–water partition coefficient (Wildman–Crippen LogP) is 2.52. The van der Waals surface area contributed by atoms with Gasteiger partial charge >= 0.3 is 0 Å². The number of rotatable bonds is 2. The van der Waals surface area contributed by atoms with Gasteiger partial charge in [0.25, 0.3) is 5.56 Å². The fraction of sp³-hybridized carbons (Fsp3) is 0.167. The zero-order valence-electron chi connectivity index (χ0n) is 9.45. The molecule has 1 aromatic carbocycles. The summed E-state index contributed by atoms with van der Waals surface area (Å²) < 4.78 is 5.69. The Labute approximate surface area is 107 Å². The van der Waals surface area contributed by atoms with E-state index < -0.39 is 0 Å². The molecule has 0 aliphatic heterocycles. The van der Waals surface area contributed by atoms with Crippen LogP contribution in [-0.2, 0) is 0 Å². The number of hydrogen-bond donors (Lipinski definition) is 1. The van der Waals surface area contributed by atoms with Crippen LogP contribution < -0.4 is 10.3 Å². The van der Waals surface area contributed by atoms with Gasteiger partial charge in [-0.05, 0) is 35.0 Å². The molecule has 2 rings (SSSR count). The second kappa shape index (κ2) is 4.71. The lowest BCUT2D eigenvalue weighted by Crippen LogP contribution is -2.12. The van der Waals surface area contributed by atoms with Gasteiger partial charge in [0.15, 0.2) is 0 Å². The number of methoxy groups -OCH3 is 1. The van der Waals surface area contributed by atoms with Gasteiger partial charge in [-0.3, -0.25) is 4.79 Å². The Morgan fingerprint density at radius 1 is 1.35 bits per heavy atom. The number of aromatic amines is 1. The Hall–Kier alpha value is -1.62. The van der Waals surface area contributed by atoms with Crippen LogP contribution in [0.3, 0.4) is 0 Å². The molecule has 1 heterocycles. The van der Waals surface area contributed by atoms with Crippen LogP contribution in [-0.4, -0.2) is 17.1 Å². The van der Waals surface area contributed by atoms with Gasteiger partial charge in [-0.1, -0.05) is 12.1 Å². The highest BCUT2D eigenvalue weighted by Crippen LogP contribution is 2.26. The number of benzene rings is 1. The van der Waals surface area contributed by atoms with Crippen LogP contribution in [0.25, 0.3) is 11.4 Å². The van der Waals surface area contributed by atoms with Gasteiger partial charge in [0.1, 0.15) is 16.0 Å². The van der Waals surface area contributed by atoms with E-state index in [4.69, 9.17) is 4.74 Å². The molecule has 0 radical (unpaired) electrons. The first kappa shape index (κ1) is 11.9. The number of halogens is 1. The van der Waals surface area contributed by atoms with Crippen molar-refractivity contribution in [2.75, 3.05) is 7.11 Å². The van der Waals surface area contributed by atoms with Crippen molar-refractivity contribution in [3.63, 3.8) is 0 Å². The quantitative estimate of drug-likeness (QED) is 0.926. The van der Waals surface area contributed by atoms with Gasteiger partial charge in [0, 0.05) is 0 Å². The summed E-state index contributed by atoms with van der Waals surface area (Å²) >= 11 is 3.18. The lowest BCUT2D eigenvalue weighted by atomic mass is 10.2. The molecule has 88 valence electrons. The van der Waals surface area contributed by atoms with E-state index in [-0.39, 0.29) is 5.56 Å². The van der Waals surface area contributed by atoms with Crippen molar-refractivity contribution in [1.82, 2.24) is 9.97 Å². The fourth-order valence-corrected chi connectivity index (χ4v) is 1.73. The van der Waals surface area contributed by atoms with E-state index >= 15 is 0 Å². The molecule has 0 spiro atoms. The number of para-hydroxylation sites is 1. The third-order valence-corrected chi connectivity index (χ3v) is 3.32. The Morgan fingerprint density at radius 2 is 2.06 bits per heavy atom. The van der Waals surface area contributed by atoms with E-state index in [1.807, 2.05) is 24.3 Å². The topological polar surface area (TPSA) is 55.0 Å². The zero-order valence-corrected chi connectivity index (χ0v) is 11.0. The van der Waals surface area contributed by atoms with Crippen molar-refractivity contribution in [2.45, 2.75) is 6.92 Å². The van der Waals surface area contributed by atoms with Crippen LogP contribution in [0.1, 0.15) is 5.69 Å². The third kappa shape index (κ3) is 2.24. The van der Waals surface area contributed by atoms with Crippen LogP contribution in [0, 0.1) is 6.92 Å². The van der Waals surface area contributed by atoms with Crippen LogP contribution in [0.4, 0.5) is 0 Å². The second-order valence-electron chi connectivity index (χ2n) is 3.51. The number of nitrogens with one attached hydrogen (secondary N) is 1. The molecule has 1 N–H and O–H groups in total. The van der Waals surface area contributed by atoms with Crippen LogP contribution in [0.2, 0.25) is 0 Å². The second-order valence-corrected chi connectivity index (χ2v) is 4.31. The van der Waals surface area contributed by atoms with Crippen LogP contribution >= 0.6 is 15.9 Å². The Morgan fingerprint density at radius 3 is 2.71 bits per heavy atom. The molecular formula is C12H11BrN2O2. The number of H-pyrrole nitrogens is 1. The molecule has 0 saturated carbocycles. The first-order chi connectivity index (χ1) is 8.13. The Bertz CT molecular complexity index is 608. The highest BCUT2D eigenvalue weighted by Gasteiger charge is 2.10. The van der Waals surface area contributed by atoms with Gasteiger partial charge in [-0.25, -0.2) is 4.98 Å². The molecule has 1 aromatic heterocycles. The van der Waals surface area contributed by atoms with Gasteiger partial charge in [0.2, 0.25) is 0 Å². The molecule has 0 aliphatic rings. The maximum Gasteiger partial charge on any atom is 0.265 e. The molecular weight excluding hydrogens is 284 g/mol. The summed E-state index contributed by atoms with van der Waals surface area (Å²) in [6.45, 7) is 1.78. The van der Waals surface area contributed by atoms with E-state index in [0.29, 0.717) is 21.7 Å². The maximum atomic E-state index is 11.7. The molecule has 4 nitrogen and oxygen atoms in total. The molecule has 0 amide bonds. The average Bonchev–Trinajstić information content (AvgIpc) is 2.35. The van der Waals surface area contributed by atoms with Gasteiger partial charge in [-0.2, -0.15) is 0 Å². The zero-order chi connectivity index (χ0) is 12.4. The molecule has 17 heavy (non-hydrogen) atoms. The summed E-state index contributed by atoms with van der Waals surface area (Å²) in [5, 5.41) is 0. The summed E-state index contributed by atoms with van der Waals surface area (Å²) in [6, 6.07) is 7.42. The van der Waals surface area contributed by atoms with Crippen molar-refractivity contribution >= 4 is 15.9 Å². The molecule has 0 saturated heterocycles. The minimum atomic E-state index is -0.196. The minimum Gasteiger partial charge on any atom is -0.496 e. The van der Waals surface area contributed by atoms with Gasteiger partial charge in [0.05, 0.1) is 18.4 Å². The third-order valence-electron chi connectivity index (χ3n) is 2.39. The first-order valence-corrected chi connectivity index (χ1v) is 5.82. The van der Waals surface area contributed by atoms with E-state index in [1.165, 1.54) is 0 Å². The van der Waals surface area contributed by atoms with Gasteiger partial charge < -0.3 is 9.72 Å². The van der Waals surface area contributed by atoms with Crippen molar-refractivity contribution in [3.8, 4) is 17.1 Å². The summed E-state index contributed by atoms with van der Waals surface area (Å²) in [4.78, 5) is 18.7. The van der Waals surface area contributed by atoms with Gasteiger partial charge in [-0.15, -0.1) is 0 Å². The predicted molar refractivity (Wildman–Crippen MR) is 69.3 cm³/mol. The maximum absolute atomic E-state index is 11.7. The summed E-state index contributed by atoms with van der Waals surface area (Å²) in [5.74, 6) is 1.19. The van der Waals surface area contributed by atoms with E-state index in [0.717, 1.165) is 5.56 Å². The van der Waals surface area contributed by atoms with Crippen LogP contribution in [0.15, 0.2) is 33.5 Å². The molecule has 0 bridgehead atoms. The minimum absolute atomic E-state index is 0.196. The van der Waals surface area contributed by atoms with E-state index in [2.05, 4.69) is 25.9 Å². The molecule has 0 unspecified atom stereocenters. The first-order valence-electron chi connectivity index (χ1n) is 5.03. The molecule has 2 aromatic rings.